The van der Waals surface area contributed by atoms with Gasteiger partial charge in [-0.3, -0.25) is 0 Å². The number of nitrogens with two attached hydrogens (primary N) is 1. The van der Waals surface area contributed by atoms with Crippen molar-refractivity contribution in [2.75, 3.05) is 5.73 Å². The maximum Gasteiger partial charge on any atom is 0.254 e. The molecule has 0 saturated carbocycles. The molecule has 2 heterocycles. The van der Waals surface area contributed by atoms with Crippen LogP contribution in [0, 0.1) is 0 Å². The molecule has 27 heavy (non-hydrogen) atoms. The zero-order valence-corrected chi connectivity index (χ0v) is 14.9. The van der Waals surface area contributed by atoms with Crippen molar-refractivity contribution in [1.29, 1.82) is 0 Å². The number of anilines is 1. The summed E-state index contributed by atoms with van der Waals surface area (Å²) >= 11 is -2.03. The molecule has 0 fully saturated rings. The van der Waals surface area contributed by atoms with E-state index >= 15 is 0 Å². The van der Waals surface area contributed by atoms with Crippen LogP contribution in [-0.4, -0.2) is 28.9 Å². The Morgan fingerprint density at radius 1 is 1.19 bits per heavy atom. The number of allylic oxidation sites excluding steroid dienone is 4. The standard InChI is InChI=1S/C18H15N5O3S/c19-16-15(17-22-18(26-23-17)12-4-2-1-3-5-12)21-14(10-20-16)11-6-8-13(9-7-11)27(24)25/h1-2,4,6-10H,3,5H2,(H2,19,20)(H,24,25). The van der Waals surface area contributed by atoms with Gasteiger partial charge in [0, 0.05) is 11.1 Å². The minimum atomic E-state index is -2.03. The summed E-state index contributed by atoms with van der Waals surface area (Å²) in [6, 6.07) is 6.49. The molecule has 0 bridgehead atoms. The number of aromatic nitrogens is 4. The van der Waals surface area contributed by atoms with Gasteiger partial charge in [0.1, 0.15) is 0 Å². The first-order chi connectivity index (χ1) is 13.1. The predicted octanol–water partition coefficient (Wildman–Crippen LogP) is 3.09. The van der Waals surface area contributed by atoms with Gasteiger partial charge in [-0.15, -0.1) is 0 Å². The van der Waals surface area contributed by atoms with Crippen molar-refractivity contribution >= 4 is 22.5 Å². The first-order valence-corrected chi connectivity index (χ1v) is 9.26. The largest absolute Gasteiger partial charge is 0.382 e. The van der Waals surface area contributed by atoms with Gasteiger partial charge in [-0.1, -0.05) is 35.5 Å². The Bertz CT molecular complexity index is 1070. The molecular weight excluding hydrogens is 366 g/mol. The van der Waals surface area contributed by atoms with Crippen molar-refractivity contribution < 1.29 is 13.3 Å². The zero-order chi connectivity index (χ0) is 18.8. The van der Waals surface area contributed by atoms with Gasteiger partial charge in [0.15, 0.2) is 22.6 Å². The van der Waals surface area contributed by atoms with Gasteiger partial charge in [0.25, 0.3) is 5.89 Å². The molecule has 0 aliphatic heterocycles. The molecule has 1 unspecified atom stereocenters. The summed E-state index contributed by atoms with van der Waals surface area (Å²) in [5.74, 6) is 0.896. The average Bonchev–Trinajstić information content (AvgIpc) is 3.19. The Kier molecular flexibility index (Phi) is 4.61. The van der Waals surface area contributed by atoms with Gasteiger partial charge in [-0.25, -0.2) is 14.2 Å². The SMILES string of the molecule is Nc1ncc(-c2ccc(S(=O)O)cc2)nc1-c1noc(C2=CC=CCC2)n1. The van der Waals surface area contributed by atoms with Crippen LogP contribution in [0.15, 0.2) is 58.1 Å². The van der Waals surface area contributed by atoms with Crippen molar-refractivity contribution in [3.63, 3.8) is 0 Å². The van der Waals surface area contributed by atoms with Crippen LogP contribution in [-0.2, 0) is 11.1 Å². The van der Waals surface area contributed by atoms with E-state index in [4.69, 9.17) is 14.8 Å². The number of nitrogens with zero attached hydrogens (tertiary/aromatic N) is 4. The lowest BCUT2D eigenvalue weighted by atomic mass is 10.1. The summed E-state index contributed by atoms with van der Waals surface area (Å²) in [5.41, 5.74) is 8.51. The highest BCUT2D eigenvalue weighted by molar-refractivity contribution is 7.79. The van der Waals surface area contributed by atoms with Crippen LogP contribution < -0.4 is 5.73 Å². The van der Waals surface area contributed by atoms with E-state index < -0.39 is 11.1 Å². The van der Waals surface area contributed by atoms with E-state index in [0.717, 1.165) is 24.0 Å². The van der Waals surface area contributed by atoms with E-state index in [2.05, 4.69) is 26.2 Å². The summed E-state index contributed by atoms with van der Waals surface area (Å²) in [7, 11) is 0. The lowest BCUT2D eigenvalue weighted by Crippen LogP contribution is -2.00. The summed E-state index contributed by atoms with van der Waals surface area (Å²) in [5, 5.41) is 3.99. The smallest absolute Gasteiger partial charge is 0.254 e. The fourth-order valence-corrected chi connectivity index (χ4v) is 3.04. The molecule has 1 aromatic carbocycles. The number of nitrogen functional groups attached to an aromatic ring is 1. The first-order valence-electron chi connectivity index (χ1n) is 8.16. The molecule has 4 rings (SSSR count). The Hall–Kier alpha value is -3.17. The molecule has 136 valence electrons. The van der Waals surface area contributed by atoms with E-state index in [9.17, 15) is 4.21 Å². The molecule has 2 aromatic heterocycles. The second kappa shape index (κ2) is 7.22. The van der Waals surface area contributed by atoms with E-state index in [1.807, 2.05) is 12.2 Å². The molecule has 0 radical (unpaired) electrons. The Labute approximate surface area is 157 Å². The van der Waals surface area contributed by atoms with Crippen molar-refractivity contribution in [2.45, 2.75) is 17.7 Å². The molecule has 0 amide bonds. The summed E-state index contributed by atoms with van der Waals surface area (Å²) in [6.07, 6.45) is 9.26. The predicted molar refractivity (Wildman–Crippen MR) is 101 cm³/mol. The molecular formula is C18H15N5O3S. The molecule has 8 nitrogen and oxygen atoms in total. The normalized spacial score (nSPS) is 14.8. The third-order valence-corrected chi connectivity index (χ3v) is 4.75. The second-order valence-corrected chi connectivity index (χ2v) is 6.81. The van der Waals surface area contributed by atoms with Crippen molar-refractivity contribution in [3.05, 3.63) is 54.6 Å². The lowest BCUT2D eigenvalue weighted by Gasteiger charge is -2.05. The van der Waals surface area contributed by atoms with Crippen molar-refractivity contribution in [3.8, 4) is 22.8 Å². The topological polar surface area (TPSA) is 128 Å². The minimum absolute atomic E-state index is 0.191. The summed E-state index contributed by atoms with van der Waals surface area (Å²) in [6.45, 7) is 0. The average molecular weight is 381 g/mol. The van der Waals surface area contributed by atoms with Crippen LogP contribution in [0.1, 0.15) is 18.7 Å². The van der Waals surface area contributed by atoms with E-state index in [-0.39, 0.29) is 11.6 Å². The van der Waals surface area contributed by atoms with E-state index in [1.165, 1.54) is 6.20 Å². The van der Waals surface area contributed by atoms with E-state index in [1.54, 1.807) is 24.3 Å². The molecule has 3 N–H and O–H groups in total. The third kappa shape index (κ3) is 3.55. The molecule has 1 aliphatic rings. The van der Waals surface area contributed by atoms with Crippen LogP contribution in [0.5, 0.6) is 0 Å². The number of rotatable bonds is 4. The Morgan fingerprint density at radius 3 is 2.70 bits per heavy atom. The van der Waals surface area contributed by atoms with Gasteiger partial charge in [-0.2, -0.15) is 4.98 Å². The number of hydrogen-bond acceptors (Lipinski definition) is 7. The Morgan fingerprint density at radius 2 is 2.00 bits per heavy atom. The molecule has 1 aliphatic carbocycles. The summed E-state index contributed by atoms with van der Waals surface area (Å²) in [4.78, 5) is 13.4. The third-order valence-electron chi connectivity index (χ3n) is 4.08. The van der Waals surface area contributed by atoms with Gasteiger partial charge in [-0.05, 0) is 25.0 Å². The quantitative estimate of drug-likeness (QED) is 0.660. The van der Waals surface area contributed by atoms with E-state index in [0.29, 0.717) is 22.2 Å². The highest BCUT2D eigenvalue weighted by atomic mass is 32.2. The van der Waals surface area contributed by atoms with Crippen LogP contribution >= 0.6 is 0 Å². The fourth-order valence-electron chi connectivity index (χ4n) is 2.68. The van der Waals surface area contributed by atoms with Gasteiger partial charge < -0.3 is 14.8 Å². The molecule has 3 aromatic rings. The van der Waals surface area contributed by atoms with Gasteiger partial charge in [0.2, 0.25) is 5.82 Å². The van der Waals surface area contributed by atoms with Gasteiger partial charge in [0.05, 0.1) is 16.8 Å². The van der Waals surface area contributed by atoms with Crippen molar-refractivity contribution in [1.82, 2.24) is 20.1 Å². The Balaban J connectivity index is 1.69. The maximum absolute atomic E-state index is 11.1. The molecule has 1 atom stereocenters. The number of hydrogen-bond donors (Lipinski definition) is 2. The highest BCUT2D eigenvalue weighted by Crippen LogP contribution is 2.27. The summed E-state index contributed by atoms with van der Waals surface area (Å²) < 4.78 is 25.6. The molecule has 0 saturated heterocycles. The molecule has 9 heteroatoms. The zero-order valence-electron chi connectivity index (χ0n) is 14.1. The van der Waals surface area contributed by atoms with Crippen LogP contribution in [0.3, 0.4) is 0 Å². The van der Waals surface area contributed by atoms with Crippen LogP contribution in [0.4, 0.5) is 5.82 Å². The van der Waals surface area contributed by atoms with Crippen LogP contribution in [0.2, 0.25) is 0 Å². The second-order valence-electron chi connectivity index (χ2n) is 5.84. The van der Waals surface area contributed by atoms with Crippen molar-refractivity contribution in [2.24, 2.45) is 0 Å². The lowest BCUT2D eigenvalue weighted by molar-refractivity contribution is 0.406. The molecule has 0 spiro atoms. The maximum atomic E-state index is 11.1. The van der Waals surface area contributed by atoms with Gasteiger partial charge >= 0.3 is 0 Å². The minimum Gasteiger partial charge on any atom is -0.382 e. The first kappa shape index (κ1) is 17.3. The fraction of sp³-hybridized carbons (Fsp3) is 0.111. The van der Waals surface area contributed by atoms with Crippen LogP contribution in [0.25, 0.3) is 28.3 Å². The number of benzene rings is 1. The monoisotopic (exact) mass is 381 g/mol. The highest BCUT2D eigenvalue weighted by Gasteiger charge is 2.18.